The lowest BCUT2D eigenvalue weighted by molar-refractivity contribution is -0.140. The van der Waals surface area contributed by atoms with Crippen molar-refractivity contribution in [3.8, 4) is 0 Å². The van der Waals surface area contributed by atoms with E-state index in [0.29, 0.717) is 5.92 Å². The fourth-order valence-corrected chi connectivity index (χ4v) is 2.48. The Morgan fingerprint density at radius 1 is 1.25 bits per heavy atom. The van der Waals surface area contributed by atoms with Gasteiger partial charge >= 0.3 is 12.0 Å². The topological polar surface area (TPSA) is 122 Å². The molecule has 1 fully saturated rings. The molecule has 0 spiro atoms. The van der Waals surface area contributed by atoms with Crippen molar-refractivity contribution in [2.75, 3.05) is 0 Å². The Morgan fingerprint density at radius 2 is 1.90 bits per heavy atom. The minimum atomic E-state index is -1.28. The van der Waals surface area contributed by atoms with Crippen molar-refractivity contribution < 1.29 is 19.5 Å². The summed E-state index contributed by atoms with van der Waals surface area (Å²) in [5.41, 5.74) is 4.96. The van der Waals surface area contributed by atoms with Gasteiger partial charge in [-0.15, -0.1) is 0 Å². The molecule has 1 aliphatic carbocycles. The second-order valence-electron chi connectivity index (χ2n) is 5.40. The van der Waals surface area contributed by atoms with Crippen LogP contribution in [0.15, 0.2) is 0 Å². The first-order valence-corrected chi connectivity index (χ1v) is 6.98. The fraction of sp³-hybridized carbons (Fsp3) is 0.769. The Balaban J connectivity index is 2.51. The van der Waals surface area contributed by atoms with Crippen molar-refractivity contribution in [3.05, 3.63) is 0 Å². The zero-order chi connectivity index (χ0) is 15.1. The number of aliphatic carboxylic acids is 1. The van der Waals surface area contributed by atoms with Gasteiger partial charge < -0.3 is 21.5 Å². The maximum absolute atomic E-state index is 11.8. The second-order valence-corrected chi connectivity index (χ2v) is 5.40. The van der Waals surface area contributed by atoms with Crippen LogP contribution in [0.3, 0.4) is 0 Å². The first kappa shape index (κ1) is 16.3. The first-order valence-electron chi connectivity index (χ1n) is 6.98. The first-order chi connectivity index (χ1) is 9.40. The minimum absolute atomic E-state index is 0.0422. The number of hydrogen-bond acceptors (Lipinski definition) is 3. The van der Waals surface area contributed by atoms with Gasteiger partial charge in [0.2, 0.25) is 5.91 Å². The zero-order valence-corrected chi connectivity index (χ0v) is 11.7. The Labute approximate surface area is 118 Å². The van der Waals surface area contributed by atoms with Crippen molar-refractivity contribution in [1.29, 1.82) is 0 Å². The van der Waals surface area contributed by atoms with E-state index in [-0.39, 0.29) is 6.04 Å². The highest BCUT2D eigenvalue weighted by Gasteiger charge is 2.25. The summed E-state index contributed by atoms with van der Waals surface area (Å²) >= 11 is 0. The summed E-state index contributed by atoms with van der Waals surface area (Å²) in [5.74, 6) is -1.67. The van der Waals surface area contributed by atoms with Crippen molar-refractivity contribution in [2.45, 2.75) is 57.5 Å². The van der Waals surface area contributed by atoms with E-state index in [1.165, 1.54) is 0 Å². The summed E-state index contributed by atoms with van der Waals surface area (Å²) in [7, 11) is 0. The van der Waals surface area contributed by atoms with Gasteiger partial charge in [-0.05, 0) is 18.8 Å². The maximum atomic E-state index is 11.8. The number of carbonyl (C=O) groups excluding carboxylic acids is 2. The lowest BCUT2D eigenvalue weighted by Gasteiger charge is -2.24. The molecule has 0 aromatic carbocycles. The van der Waals surface area contributed by atoms with E-state index in [2.05, 4.69) is 17.6 Å². The van der Waals surface area contributed by atoms with E-state index < -0.39 is 30.4 Å². The number of nitrogens with two attached hydrogens (primary N) is 1. The minimum Gasteiger partial charge on any atom is -0.480 e. The molecule has 114 valence electrons. The largest absolute Gasteiger partial charge is 0.480 e. The molecular weight excluding hydrogens is 262 g/mol. The molecule has 0 saturated heterocycles. The highest BCUT2D eigenvalue weighted by molar-refractivity contribution is 5.87. The Hall–Kier alpha value is -1.79. The molecule has 5 N–H and O–H groups in total. The molecule has 0 aromatic rings. The maximum Gasteiger partial charge on any atom is 0.326 e. The lowest BCUT2D eigenvalue weighted by atomic mass is 9.97. The molecule has 1 aliphatic rings. The van der Waals surface area contributed by atoms with Gasteiger partial charge in [-0.2, -0.15) is 0 Å². The van der Waals surface area contributed by atoms with Crippen LogP contribution in [0.5, 0.6) is 0 Å². The fourth-order valence-electron chi connectivity index (χ4n) is 2.48. The summed E-state index contributed by atoms with van der Waals surface area (Å²) in [6, 6.07) is -1.80. The van der Waals surface area contributed by atoms with Gasteiger partial charge in [-0.25, -0.2) is 9.59 Å². The number of urea groups is 1. The number of carboxylic acid groups (broad SMARTS) is 1. The molecule has 1 rings (SSSR count). The number of rotatable bonds is 5. The monoisotopic (exact) mass is 285 g/mol. The molecule has 0 aromatic heterocycles. The molecule has 0 heterocycles. The van der Waals surface area contributed by atoms with E-state index in [1.54, 1.807) is 0 Å². The standard InChI is InChI=1S/C13H23N3O4/c1-8-5-3-2-4-6-9(8)15-13(20)16-10(12(18)19)7-11(14)17/h8-10H,2-7H2,1H3,(H2,14,17)(H,18,19)(H2,15,16,20)/t8?,9?,10-/m1/s1. The van der Waals surface area contributed by atoms with Crippen molar-refractivity contribution in [2.24, 2.45) is 11.7 Å². The number of amides is 3. The molecule has 0 aliphatic heterocycles. The third kappa shape index (κ3) is 5.46. The SMILES string of the molecule is CC1CCCCCC1NC(=O)N[C@H](CC(N)=O)C(=O)O. The smallest absolute Gasteiger partial charge is 0.326 e. The number of hydrogen-bond donors (Lipinski definition) is 4. The third-order valence-electron chi connectivity index (χ3n) is 3.69. The third-order valence-corrected chi connectivity index (χ3v) is 3.69. The molecule has 1 saturated carbocycles. The second kappa shape index (κ2) is 7.72. The van der Waals surface area contributed by atoms with Crippen LogP contribution >= 0.6 is 0 Å². The van der Waals surface area contributed by atoms with E-state index >= 15 is 0 Å². The average molecular weight is 285 g/mol. The number of nitrogens with one attached hydrogen (secondary N) is 2. The van der Waals surface area contributed by atoms with Crippen LogP contribution in [0, 0.1) is 5.92 Å². The van der Waals surface area contributed by atoms with Crippen LogP contribution in [-0.4, -0.2) is 35.1 Å². The summed E-state index contributed by atoms with van der Waals surface area (Å²) in [4.78, 5) is 33.5. The van der Waals surface area contributed by atoms with Crippen LogP contribution < -0.4 is 16.4 Å². The number of carbonyl (C=O) groups is 3. The van der Waals surface area contributed by atoms with Gasteiger partial charge in [0.15, 0.2) is 0 Å². The van der Waals surface area contributed by atoms with E-state index in [0.717, 1.165) is 32.1 Å². The molecule has 3 atom stereocenters. The van der Waals surface area contributed by atoms with Crippen molar-refractivity contribution in [3.63, 3.8) is 0 Å². The van der Waals surface area contributed by atoms with Crippen LogP contribution in [0.2, 0.25) is 0 Å². The highest BCUT2D eigenvalue weighted by Crippen LogP contribution is 2.22. The van der Waals surface area contributed by atoms with Gasteiger partial charge in [0.25, 0.3) is 0 Å². The molecule has 0 bridgehead atoms. The Morgan fingerprint density at radius 3 is 2.50 bits per heavy atom. The van der Waals surface area contributed by atoms with Crippen LogP contribution in [0.25, 0.3) is 0 Å². The van der Waals surface area contributed by atoms with E-state index in [1.807, 2.05) is 0 Å². The van der Waals surface area contributed by atoms with Crippen LogP contribution in [0.4, 0.5) is 4.79 Å². The predicted molar refractivity (Wildman–Crippen MR) is 72.9 cm³/mol. The molecular formula is C13H23N3O4. The normalized spacial score (nSPS) is 24.2. The summed E-state index contributed by atoms with van der Waals surface area (Å²) in [6.45, 7) is 2.08. The van der Waals surface area contributed by atoms with Crippen LogP contribution in [0.1, 0.15) is 45.4 Å². The van der Waals surface area contributed by atoms with E-state index in [4.69, 9.17) is 10.8 Å². The van der Waals surface area contributed by atoms with Gasteiger partial charge in [0, 0.05) is 6.04 Å². The van der Waals surface area contributed by atoms with Gasteiger partial charge in [-0.3, -0.25) is 4.79 Å². The molecule has 7 nitrogen and oxygen atoms in total. The number of primary amides is 1. The van der Waals surface area contributed by atoms with Gasteiger partial charge in [-0.1, -0.05) is 26.2 Å². The quantitative estimate of drug-likeness (QED) is 0.552. The highest BCUT2D eigenvalue weighted by atomic mass is 16.4. The zero-order valence-electron chi connectivity index (χ0n) is 11.7. The van der Waals surface area contributed by atoms with Crippen molar-refractivity contribution >= 4 is 17.9 Å². The Bertz CT molecular complexity index is 373. The summed E-state index contributed by atoms with van der Waals surface area (Å²) < 4.78 is 0. The van der Waals surface area contributed by atoms with Crippen molar-refractivity contribution in [1.82, 2.24) is 10.6 Å². The van der Waals surface area contributed by atoms with E-state index in [9.17, 15) is 14.4 Å². The average Bonchev–Trinajstić information content (AvgIpc) is 2.53. The molecule has 2 unspecified atom stereocenters. The van der Waals surface area contributed by atoms with Gasteiger partial charge in [0.05, 0.1) is 6.42 Å². The predicted octanol–water partition coefficient (Wildman–Crippen LogP) is 0.583. The van der Waals surface area contributed by atoms with Crippen LogP contribution in [-0.2, 0) is 9.59 Å². The van der Waals surface area contributed by atoms with Gasteiger partial charge in [0.1, 0.15) is 6.04 Å². The summed E-state index contributed by atoms with van der Waals surface area (Å²) in [5, 5.41) is 14.0. The molecule has 7 heteroatoms. The molecule has 0 radical (unpaired) electrons. The molecule has 20 heavy (non-hydrogen) atoms. The summed E-state index contributed by atoms with van der Waals surface area (Å²) in [6.07, 6.45) is 4.89. The lowest BCUT2D eigenvalue weighted by Crippen LogP contribution is -2.51. The molecule has 3 amide bonds. The number of carboxylic acids is 1. The Kier molecular flexibility index (Phi) is 6.27.